The summed E-state index contributed by atoms with van der Waals surface area (Å²) in [5.41, 5.74) is -1.66. The molecule has 0 heterocycles. The van der Waals surface area contributed by atoms with Crippen molar-refractivity contribution in [1.82, 2.24) is 0 Å². The van der Waals surface area contributed by atoms with Crippen molar-refractivity contribution < 1.29 is 23.1 Å². The topological polar surface area (TPSA) is 73.1 Å². The fourth-order valence-corrected chi connectivity index (χ4v) is 4.47. The van der Waals surface area contributed by atoms with Crippen LogP contribution in [-0.4, -0.2) is 11.0 Å². The molecule has 9 heteroatoms. The Morgan fingerprint density at radius 3 is 2.17 bits per heavy atom. The summed E-state index contributed by atoms with van der Waals surface area (Å²) >= 11 is 6.98. The lowest BCUT2D eigenvalue weighted by Gasteiger charge is -2.24. The third kappa shape index (κ3) is 5.92. The van der Waals surface area contributed by atoms with E-state index in [9.17, 15) is 28.3 Å². The van der Waals surface area contributed by atoms with Crippen LogP contribution in [0.5, 0.6) is 5.75 Å². The zero-order chi connectivity index (χ0) is 26.1. The highest BCUT2D eigenvalue weighted by atomic mass is 35.5. The van der Waals surface area contributed by atoms with Crippen LogP contribution < -0.4 is 5.32 Å². The van der Waals surface area contributed by atoms with Gasteiger partial charge in [-0.05, 0) is 66.4 Å². The molecule has 0 aromatic heterocycles. The number of amides is 1. The smallest absolute Gasteiger partial charge is 0.418 e. The second-order valence-corrected chi connectivity index (χ2v) is 10.5. The van der Waals surface area contributed by atoms with Crippen molar-refractivity contribution >= 4 is 35.0 Å². The molecule has 0 radical (unpaired) electrons. The number of halogens is 4. The molecule has 0 unspecified atom stereocenters. The summed E-state index contributed by atoms with van der Waals surface area (Å²) in [5.74, 6) is -1.30. The molecule has 0 aliphatic carbocycles. The normalized spacial score (nSPS) is 11.7. The van der Waals surface area contributed by atoms with E-state index in [1.807, 2.05) is 6.07 Å². The molecule has 0 atom stereocenters. The second-order valence-electron chi connectivity index (χ2n) is 8.90. The van der Waals surface area contributed by atoms with Crippen LogP contribution >= 0.6 is 23.4 Å². The van der Waals surface area contributed by atoms with Crippen molar-refractivity contribution in [1.29, 1.82) is 5.26 Å². The highest BCUT2D eigenvalue weighted by Crippen LogP contribution is 2.41. The van der Waals surface area contributed by atoms with Crippen LogP contribution in [0.25, 0.3) is 0 Å². The molecule has 4 nitrogen and oxygen atoms in total. The number of nitriles is 1. The highest BCUT2D eigenvalue weighted by Gasteiger charge is 2.35. The van der Waals surface area contributed by atoms with Gasteiger partial charge in [-0.1, -0.05) is 44.1 Å². The Labute approximate surface area is 210 Å². The number of rotatable bonds is 4. The van der Waals surface area contributed by atoms with Crippen LogP contribution in [0.1, 0.15) is 53.4 Å². The Balaban J connectivity index is 2.03. The predicted octanol–water partition coefficient (Wildman–Crippen LogP) is 7.95. The average molecular weight is 519 g/mol. The van der Waals surface area contributed by atoms with Crippen LogP contribution in [0.4, 0.5) is 18.9 Å². The number of benzene rings is 3. The third-order valence-corrected chi connectivity index (χ3v) is 6.56. The van der Waals surface area contributed by atoms with Gasteiger partial charge in [-0.3, -0.25) is 4.79 Å². The van der Waals surface area contributed by atoms with Gasteiger partial charge in [0, 0.05) is 20.4 Å². The van der Waals surface area contributed by atoms with E-state index in [1.165, 1.54) is 25.1 Å². The molecule has 0 saturated carbocycles. The molecule has 0 saturated heterocycles. The van der Waals surface area contributed by atoms with Crippen molar-refractivity contribution in [2.45, 2.75) is 49.1 Å². The summed E-state index contributed by atoms with van der Waals surface area (Å²) in [6.45, 7) is 6.84. The molecule has 182 valence electrons. The van der Waals surface area contributed by atoms with E-state index in [-0.39, 0.29) is 22.4 Å². The Morgan fingerprint density at radius 1 is 1.03 bits per heavy atom. The lowest BCUT2D eigenvalue weighted by atomic mass is 9.82. The number of carbonyl (C=O) groups is 1. The van der Waals surface area contributed by atoms with Gasteiger partial charge in [0.05, 0.1) is 28.4 Å². The summed E-state index contributed by atoms with van der Waals surface area (Å²) in [7, 11) is 0. The third-order valence-electron chi connectivity index (χ3n) is 5.31. The Hall–Kier alpha value is -3.15. The summed E-state index contributed by atoms with van der Waals surface area (Å²) < 4.78 is 41.7. The minimum atomic E-state index is -4.75. The first kappa shape index (κ1) is 26.5. The van der Waals surface area contributed by atoms with E-state index in [1.54, 1.807) is 45.0 Å². The van der Waals surface area contributed by atoms with Crippen LogP contribution in [0, 0.1) is 18.3 Å². The first-order chi connectivity index (χ1) is 16.2. The van der Waals surface area contributed by atoms with E-state index >= 15 is 0 Å². The number of aromatic hydroxyl groups is 1. The molecular weight excluding hydrogens is 497 g/mol. The monoisotopic (exact) mass is 518 g/mol. The van der Waals surface area contributed by atoms with E-state index in [4.69, 9.17) is 11.6 Å². The van der Waals surface area contributed by atoms with Gasteiger partial charge in [-0.25, -0.2) is 0 Å². The number of carbonyl (C=O) groups excluding carboxylic acids is 1. The van der Waals surface area contributed by atoms with Crippen LogP contribution in [0.3, 0.4) is 0 Å². The van der Waals surface area contributed by atoms with Crippen LogP contribution in [0.2, 0.25) is 5.02 Å². The fraction of sp³-hybridized carbons (Fsp3) is 0.231. The highest BCUT2D eigenvalue weighted by molar-refractivity contribution is 7.99. The molecule has 1 amide bonds. The van der Waals surface area contributed by atoms with E-state index < -0.39 is 28.7 Å². The minimum absolute atomic E-state index is 0.156. The fourth-order valence-electron chi connectivity index (χ4n) is 3.49. The quantitative estimate of drug-likeness (QED) is 0.367. The molecule has 3 aromatic carbocycles. The molecule has 3 aromatic rings. The molecule has 0 aliphatic heterocycles. The summed E-state index contributed by atoms with van der Waals surface area (Å²) in [5, 5.41) is 23.1. The van der Waals surface area contributed by atoms with E-state index in [0.717, 1.165) is 17.8 Å². The molecule has 0 fully saturated rings. The zero-order valence-electron chi connectivity index (χ0n) is 19.3. The molecule has 0 spiro atoms. The number of hydrogen-bond donors (Lipinski definition) is 2. The number of nitrogens with one attached hydrogen (secondary N) is 1. The number of hydrogen-bond acceptors (Lipinski definition) is 4. The summed E-state index contributed by atoms with van der Waals surface area (Å²) in [6.07, 6.45) is -4.75. The molecule has 35 heavy (non-hydrogen) atoms. The minimum Gasteiger partial charge on any atom is -0.507 e. The van der Waals surface area contributed by atoms with Gasteiger partial charge < -0.3 is 10.4 Å². The van der Waals surface area contributed by atoms with Gasteiger partial charge in [-0.15, -0.1) is 0 Å². The number of phenolic OH excluding ortho intramolecular Hbond substituents is 1. The zero-order valence-corrected chi connectivity index (χ0v) is 20.9. The van der Waals surface area contributed by atoms with Gasteiger partial charge in [0.15, 0.2) is 0 Å². The number of anilines is 1. The van der Waals surface area contributed by atoms with Gasteiger partial charge in [-0.2, -0.15) is 18.4 Å². The Bertz CT molecular complexity index is 1320. The standard InChI is InChI=1S/C26H22ClF3N2O2S/c1-14-15(13-31)11-20(25(2,3)4)23(33)22(14)24(34)32-21-10-9-18(12-19(21)26(28,29)30)35-17-7-5-16(27)6-8-17/h5-12,33H,1-4H3,(H,32,34). The van der Waals surface area contributed by atoms with Crippen molar-refractivity contribution in [3.63, 3.8) is 0 Å². The SMILES string of the molecule is Cc1c(C#N)cc(C(C)(C)C)c(O)c1C(=O)Nc1ccc(Sc2ccc(Cl)cc2)cc1C(F)(F)F. The summed E-state index contributed by atoms with van der Waals surface area (Å²) in [4.78, 5) is 14.1. The largest absolute Gasteiger partial charge is 0.507 e. The number of nitrogens with zero attached hydrogens (tertiary/aromatic N) is 1. The maximum absolute atomic E-state index is 13.9. The maximum Gasteiger partial charge on any atom is 0.418 e. The van der Waals surface area contributed by atoms with E-state index in [2.05, 4.69) is 5.32 Å². The van der Waals surface area contributed by atoms with Gasteiger partial charge in [0.2, 0.25) is 0 Å². The molecule has 0 aliphatic rings. The first-order valence-electron chi connectivity index (χ1n) is 10.5. The van der Waals surface area contributed by atoms with Crippen molar-refractivity contribution in [3.8, 4) is 11.8 Å². The van der Waals surface area contributed by atoms with Gasteiger partial charge in [0.1, 0.15) is 5.75 Å². The van der Waals surface area contributed by atoms with E-state index in [0.29, 0.717) is 20.4 Å². The predicted molar refractivity (Wildman–Crippen MR) is 131 cm³/mol. The molecule has 0 bridgehead atoms. The van der Waals surface area contributed by atoms with Crippen LogP contribution in [-0.2, 0) is 11.6 Å². The lowest BCUT2D eigenvalue weighted by Crippen LogP contribution is -2.20. The number of phenols is 1. The number of alkyl halides is 3. The van der Waals surface area contributed by atoms with Gasteiger partial charge >= 0.3 is 6.18 Å². The van der Waals surface area contributed by atoms with Crippen molar-refractivity contribution in [2.75, 3.05) is 5.32 Å². The van der Waals surface area contributed by atoms with Crippen molar-refractivity contribution in [2.24, 2.45) is 0 Å². The van der Waals surface area contributed by atoms with Crippen molar-refractivity contribution in [3.05, 3.63) is 81.4 Å². The first-order valence-corrected chi connectivity index (χ1v) is 11.6. The molecule has 3 rings (SSSR count). The Morgan fingerprint density at radius 2 is 1.63 bits per heavy atom. The van der Waals surface area contributed by atoms with Crippen LogP contribution in [0.15, 0.2) is 58.3 Å². The Kier molecular flexibility index (Phi) is 7.44. The molecular formula is C26H22ClF3N2O2S. The molecule has 2 N–H and O–H groups in total. The summed E-state index contributed by atoms with van der Waals surface area (Å²) in [6, 6.07) is 13.7. The lowest BCUT2D eigenvalue weighted by molar-refractivity contribution is -0.137. The maximum atomic E-state index is 13.9. The second kappa shape index (κ2) is 9.84. The van der Waals surface area contributed by atoms with Gasteiger partial charge in [0.25, 0.3) is 5.91 Å². The average Bonchev–Trinajstić information content (AvgIpc) is 2.75.